The van der Waals surface area contributed by atoms with Gasteiger partial charge in [-0.05, 0) is 55.7 Å². The van der Waals surface area contributed by atoms with E-state index in [0.717, 1.165) is 28.0 Å². The van der Waals surface area contributed by atoms with Crippen molar-refractivity contribution in [3.63, 3.8) is 0 Å². The number of aryl methyl sites for hydroxylation is 2. The second-order valence-electron chi connectivity index (χ2n) is 6.85. The van der Waals surface area contributed by atoms with Crippen molar-refractivity contribution in [2.24, 2.45) is 0 Å². The average Bonchev–Trinajstić information content (AvgIpc) is 3.13. The molecule has 0 aliphatic heterocycles. The number of hydrogen-bond acceptors (Lipinski definition) is 1. The van der Waals surface area contributed by atoms with Crippen molar-refractivity contribution in [3.05, 3.63) is 58.9 Å². The topological polar surface area (TPSA) is 33.6 Å². The van der Waals surface area contributed by atoms with Crippen LogP contribution in [0.3, 0.4) is 0 Å². The molecule has 4 aromatic rings. The smallest absolute Gasteiger partial charge is 0.158 e. The fraction of sp³-hybridized carbons (Fsp3) is 0.250. The fourth-order valence-electron chi connectivity index (χ4n) is 3.40. The highest BCUT2D eigenvalue weighted by molar-refractivity contribution is 5.98. The van der Waals surface area contributed by atoms with Crippen LogP contribution in [0.4, 0.5) is 8.78 Å². The van der Waals surface area contributed by atoms with E-state index in [2.05, 4.69) is 24.0 Å². The molecule has 0 aliphatic rings. The third-order valence-corrected chi connectivity index (χ3v) is 4.79. The minimum atomic E-state index is -0.299. The summed E-state index contributed by atoms with van der Waals surface area (Å²) in [5.74, 6) is -0.354. The van der Waals surface area contributed by atoms with Gasteiger partial charge in [0.15, 0.2) is 5.82 Å². The first-order valence-corrected chi connectivity index (χ1v) is 8.33. The summed E-state index contributed by atoms with van der Waals surface area (Å²) in [6.45, 7) is 7.72. The summed E-state index contributed by atoms with van der Waals surface area (Å²) in [4.78, 5) is 0. The van der Waals surface area contributed by atoms with E-state index >= 15 is 4.39 Å². The third kappa shape index (κ3) is 2.26. The SMILES string of the molecule is Cc1cc(-n2c(C(C)C)cc3c(F)c4[nH]nc(C)c4cc32)ccc1F. The van der Waals surface area contributed by atoms with Crippen molar-refractivity contribution in [3.8, 4) is 5.69 Å². The molecule has 0 spiro atoms. The van der Waals surface area contributed by atoms with Crippen molar-refractivity contribution >= 4 is 21.8 Å². The van der Waals surface area contributed by atoms with Gasteiger partial charge in [0.05, 0.1) is 11.2 Å². The number of rotatable bonds is 2. The summed E-state index contributed by atoms with van der Waals surface area (Å²) in [6, 6.07) is 8.82. The van der Waals surface area contributed by atoms with Crippen LogP contribution in [-0.4, -0.2) is 14.8 Å². The van der Waals surface area contributed by atoms with E-state index in [0.29, 0.717) is 16.5 Å². The normalized spacial score (nSPS) is 12.0. The second-order valence-corrected chi connectivity index (χ2v) is 6.85. The van der Waals surface area contributed by atoms with Gasteiger partial charge < -0.3 is 4.57 Å². The zero-order chi connectivity index (χ0) is 17.9. The molecule has 0 unspecified atom stereocenters. The number of aromatic amines is 1. The van der Waals surface area contributed by atoms with Gasteiger partial charge in [-0.3, -0.25) is 5.10 Å². The highest BCUT2D eigenvalue weighted by Gasteiger charge is 2.20. The number of hydrogen-bond donors (Lipinski definition) is 1. The van der Waals surface area contributed by atoms with Gasteiger partial charge in [-0.25, -0.2) is 8.78 Å². The Balaban J connectivity index is 2.15. The molecule has 0 amide bonds. The first kappa shape index (κ1) is 15.8. The number of nitrogens with zero attached hydrogens (tertiary/aromatic N) is 2. The van der Waals surface area contributed by atoms with Crippen molar-refractivity contribution in [1.29, 1.82) is 0 Å². The summed E-state index contributed by atoms with van der Waals surface area (Å²) in [5, 5.41) is 8.21. The van der Waals surface area contributed by atoms with E-state index in [1.54, 1.807) is 19.1 Å². The molecule has 128 valence electrons. The largest absolute Gasteiger partial charge is 0.313 e. The highest BCUT2D eigenvalue weighted by atomic mass is 19.1. The van der Waals surface area contributed by atoms with Gasteiger partial charge in [0.25, 0.3) is 0 Å². The number of halogens is 2. The van der Waals surface area contributed by atoms with Crippen LogP contribution in [0.15, 0.2) is 30.3 Å². The molecule has 0 aliphatic carbocycles. The summed E-state index contributed by atoms with van der Waals surface area (Å²) < 4.78 is 30.8. The van der Waals surface area contributed by atoms with E-state index in [9.17, 15) is 4.39 Å². The molecule has 5 heteroatoms. The third-order valence-electron chi connectivity index (χ3n) is 4.79. The standard InChI is InChI=1S/C20H19F2N3/c1-10(2)17-9-15-18(8-14-12(4)23-24-20(14)19(15)22)25(17)13-5-6-16(21)11(3)7-13/h5-10H,1-4H3,(H,23,24). The number of aromatic nitrogens is 3. The van der Waals surface area contributed by atoms with E-state index in [4.69, 9.17) is 0 Å². The Morgan fingerprint density at radius 1 is 1.04 bits per heavy atom. The van der Waals surface area contributed by atoms with E-state index in [-0.39, 0.29) is 17.6 Å². The van der Waals surface area contributed by atoms with E-state index in [1.165, 1.54) is 6.07 Å². The lowest BCUT2D eigenvalue weighted by Gasteiger charge is -2.14. The first-order valence-electron chi connectivity index (χ1n) is 8.33. The Labute approximate surface area is 144 Å². The Morgan fingerprint density at radius 3 is 2.48 bits per heavy atom. The summed E-state index contributed by atoms with van der Waals surface area (Å²) in [6.07, 6.45) is 0. The predicted octanol–water partition coefficient (Wildman–Crippen LogP) is 5.53. The molecular weight excluding hydrogens is 320 g/mol. The van der Waals surface area contributed by atoms with Crippen LogP contribution < -0.4 is 0 Å². The van der Waals surface area contributed by atoms with Crippen molar-refractivity contribution in [2.45, 2.75) is 33.6 Å². The molecule has 25 heavy (non-hydrogen) atoms. The average molecular weight is 339 g/mol. The number of fused-ring (bicyclic) bond motifs is 2. The second kappa shape index (κ2) is 5.41. The Hall–Kier alpha value is -2.69. The van der Waals surface area contributed by atoms with Crippen LogP contribution in [-0.2, 0) is 0 Å². The zero-order valence-corrected chi connectivity index (χ0v) is 14.6. The molecule has 4 rings (SSSR count). The van der Waals surface area contributed by atoms with Crippen LogP contribution in [0.1, 0.15) is 36.7 Å². The lowest BCUT2D eigenvalue weighted by atomic mass is 10.1. The van der Waals surface area contributed by atoms with Crippen molar-refractivity contribution in [1.82, 2.24) is 14.8 Å². The van der Waals surface area contributed by atoms with E-state index in [1.807, 2.05) is 23.6 Å². The van der Waals surface area contributed by atoms with Crippen molar-refractivity contribution < 1.29 is 8.78 Å². The highest BCUT2D eigenvalue weighted by Crippen LogP contribution is 2.34. The lowest BCUT2D eigenvalue weighted by molar-refractivity contribution is 0.618. The van der Waals surface area contributed by atoms with E-state index < -0.39 is 0 Å². The van der Waals surface area contributed by atoms with Crippen LogP contribution in [0.2, 0.25) is 0 Å². The molecule has 0 radical (unpaired) electrons. The van der Waals surface area contributed by atoms with Gasteiger partial charge in [0.2, 0.25) is 0 Å². The van der Waals surface area contributed by atoms with Gasteiger partial charge in [-0.1, -0.05) is 13.8 Å². The molecule has 2 heterocycles. The number of benzene rings is 2. The zero-order valence-electron chi connectivity index (χ0n) is 14.6. The fourth-order valence-corrected chi connectivity index (χ4v) is 3.40. The predicted molar refractivity (Wildman–Crippen MR) is 96.4 cm³/mol. The van der Waals surface area contributed by atoms with Gasteiger partial charge in [-0.15, -0.1) is 0 Å². The molecule has 2 aromatic heterocycles. The maximum atomic E-state index is 15.1. The van der Waals surface area contributed by atoms with Crippen LogP contribution in [0.25, 0.3) is 27.5 Å². The minimum Gasteiger partial charge on any atom is -0.313 e. The molecule has 0 bridgehead atoms. The molecule has 0 fully saturated rings. The van der Waals surface area contributed by atoms with Crippen LogP contribution in [0.5, 0.6) is 0 Å². The Bertz CT molecular complexity index is 1120. The van der Waals surface area contributed by atoms with Crippen molar-refractivity contribution in [2.75, 3.05) is 0 Å². The molecule has 1 N–H and O–H groups in total. The molecule has 0 atom stereocenters. The molecule has 0 saturated heterocycles. The first-order chi connectivity index (χ1) is 11.9. The Morgan fingerprint density at radius 2 is 1.80 bits per heavy atom. The molecule has 2 aromatic carbocycles. The maximum Gasteiger partial charge on any atom is 0.158 e. The van der Waals surface area contributed by atoms with Gasteiger partial charge in [-0.2, -0.15) is 5.10 Å². The summed E-state index contributed by atoms with van der Waals surface area (Å²) >= 11 is 0. The van der Waals surface area contributed by atoms with Gasteiger partial charge in [0, 0.05) is 22.2 Å². The van der Waals surface area contributed by atoms with Gasteiger partial charge >= 0.3 is 0 Å². The maximum absolute atomic E-state index is 15.1. The minimum absolute atomic E-state index is 0.190. The molecule has 0 saturated carbocycles. The molecule has 3 nitrogen and oxygen atoms in total. The molecular formula is C20H19F2N3. The quantitative estimate of drug-likeness (QED) is 0.512. The number of nitrogens with one attached hydrogen (secondary N) is 1. The number of H-pyrrole nitrogens is 1. The summed E-state index contributed by atoms with van der Waals surface area (Å²) in [7, 11) is 0. The van der Waals surface area contributed by atoms with Gasteiger partial charge in [0.1, 0.15) is 11.3 Å². The summed E-state index contributed by atoms with van der Waals surface area (Å²) in [5.41, 5.74) is 4.33. The van der Waals surface area contributed by atoms with Crippen LogP contribution >= 0.6 is 0 Å². The monoisotopic (exact) mass is 339 g/mol. The van der Waals surface area contributed by atoms with Crippen LogP contribution in [0, 0.1) is 25.5 Å². The lowest BCUT2D eigenvalue weighted by Crippen LogP contribution is -2.02. The Kier molecular flexibility index (Phi) is 3.42.